The first-order valence-corrected chi connectivity index (χ1v) is 7.94. The number of hydrogen-bond acceptors (Lipinski definition) is 5. The molecule has 1 aromatic carbocycles. The number of alkyl halides is 3. The molecule has 0 saturated carbocycles. The number of hydrogen-bond donors (Lipinski definition) is 2. The van der Waals surface area contributed by atoms with Crippen LogP contribution in [0.25, 0.3) is 11.4 Å². The maximum absolute atomic E-state index is 12.5. The quantitative estimate of drug-likeness (QED) is 0.862. The molecule has 1 amide bonds. The van der Waals surface area contributed by atoms with Crippen LogP contribution < -0.4 is 10.6 Å². The summed E-state index contributed by atoms with van der Waals surface area (Å²) >= 11 is 0. The van der Waals surface area contributed by atoms with Gasteiger partial charge < -0.3 is 15.2 Å². The molecular weight excluding hydrogens is 337 g/mol. The van der Waals surface area contributed by atoms with Crippen molar-refractivity contribution in [3.8, 4) is 11.4 Å². The standard InChI is InChI=1S/C16H17F3N4O2/c17-16(18,19)15-22-13(23-25-15)11-1-3-12(4-2-11)14(24)21-8-6-10-5-7-20-9-10/h1-4,10,20H,5-9H2,(H,21,24)/t10-/m0/s1. The monoisotopic (exact) mass is 354 g/mol. The molecule has 3 rings (SSSR count). The second-order valence-electron chi connectivity index (χ2n) is 5.90. The summed E-state index contributed by atoms with van der Waals surface area (Å²) in [6.07, 6.45) is -2.64. The molecule has 0 unspecified atom stereocenters. The maximum Gasteiger partial charge on any atom is 0.471 e. The summed E-state index contributed by atoms with van der Waals surface area (Å²) in [6, 6.07) is 6.01. The van der Waals surface area contributed by atoms with E-state index in [4.69, 9.17) is 0 Å². The van der Waals surface area contributed by atoms with Crippen molar-refractivity contribution >= 4 is 5.91 Å². The van der Waals surface area contributed by atoms with E-state index in [9.17, 15) is 18.0 Å². The van der Waals surface area contributed by atoms with E-state index in [-0.39, 0.29) is 11.7 Å². The van der Waals surface area contributed by atoms with Crippen molar-refractivity contribution in [1.29, 1.82) is 0 Å². The van der Waals surface area contributed by atoms with Crippen molar-refractivity contribution in [3.63, 3.8) is 0 Å². The first-order valence-electron chi connectivity index (χ1n) is 7.94. The highest BCUT2D eigenvalue weighted by Gasteiger charge is 2.38. The largest absolute Gasteiger partial charge is 0.471 e. The van der Waals surface area contributed by atoms with Gasteiger partial charge in [0.15, 0.2) is 0 Å². The van der Waals surface area contributed by atoms with E-state index >= 15 is 0 Å². The van der Waals surface area contributed by atoms with Gasteiger partial charge in [0.1, 0.15) is 0 Å². The average molecular weight is 354 g/mol. The number of nitrogens with zero attached hydrogens (tertiary/aromatic N) is 2. The van der Waals surface area contributed by atoms with Crippen LogP contribution >= 0.6 is 0 Å². The maximum atomic E-state index is 12.5. The highest BCUT2D eigenvalue weighted by Crippen LogP contribution is 2.29. The van der Waals surface area contributed by atoms with E-state index in [1.807, 2.05) is 0 Å². The molecule has 25 heavy (non-hydrogen) atoms. The van der Waals surface area contributed by atoms with Crippen molar-refractivity contribution in [2.24, 2.45) is 5.92 Å². The van der Waals surface area contributed by atoms with Crippen molar-refractivity contribution < 1.29 is 22.5 Å². The number of rotatable bonds is 5. The number of benzene rings is 1. The van der Waals surface area contributed by atoms with Gasteiger partial charge in [0, 0.05) is 17.7 Å². The van der Waals surface area contributed by atoms with Gasteiger partial charge in [-0.15, -0.1) is 0 Å². The van der Waals surface area contributed by atoms with Gasteiger partial charge in [0.2, 0.25) is 5.82 Å². The fourth-order valence-corrected chi connectivity index (χ4v) is 2.68. The molecule has 1 aliphatic heterocycles. The van der Waals surface area contributed by atoms with Gasteiger partial charge in [-0.05, 0) is 44.0 Å². The molecule has 2 N–H and O–H groups in total. The minimum atomic E-state index is -4.68. The molecule has 1 atom stereocenters. The molecule has 1 saturated heterocycles. The SMILES string of the molecule is O=C(NCC[C@@H]1CCNC1)c1ccc(-c2noc(C(F)(F)F)n2)cc1. The van der Waals surface area contributed by atoms with Crippen molar-refractivity contribution in [2.75, 3.05) is 19.6 Å². The lowest BCUT2D eigenvalue weighted by atomic mass is 10.1. The third kappa shape index (κ3) is 4.36. The fourth-order valence-electron chi connectivity index (χ4n) is 2.68. The summed E-state index contributed by atoms with van der Waals surface area (Å²) in [6.45, 7) is 2.59. The summed E-state index contributed by atoms with van der Waals surface area (Å²) in [5.74, 6) is -1.20. The highest BCUT2D eigenvalue weighted by atomic mass is 19.4. The lowest BCUT2D eigenvalue weighted by molar-refractivity contribution is -0.159. The summed E-state index contributed by atoms with van der Waals surface area (Å²) < 4.78 is 41.6. The molecule has 1 fully saturated rings. The zero-order valence-corrected chi connectivity index (χ0v) is 13.3. The lowest BCUT2D eigenvalue weighted by Crippen LogP contribution is -2.26. The second kappa shape index (κ2) is 7.22. The molecule has 9 heteroatoms. The smallest absolute Gasteiger partial charge is 0.352 e. The summed E-state index contributed by atoms with van der Waals surface area (Å²) in [7, 11) is 0. The Hall–Kier alpha value is -2.42. The number of carbonyl (C=O) groups excluding carboxylic acids is 1. The molecule has 1 aromatic heterocycles. The minimum Gasteiger partial charge on any atom is -0.352 e. The Kier molecular flexibility index (Phi) is 5.03. The van der Waals surface area contributed by atoms with Crippen LogP contribution in [0.3, 0.4) is 0 Å². The van der Waals surface area contributed by atoms with Gasteiger partial charge in [-0.25, -0.2) is 0 Å². The predicted molar refractivity (Wildman–Crippen MR) is 82.7 cm³/mol. The third-order valence-electron chi connectivity index (χ3n) is 4.07. The van der Waals surface area contributed by atoms with Gasteiger partial charge in [-0.1, -0.05) is 17.3 Å². The molecular formula is C16H17F3N4O2. The Balaban J connectivity index is 1.57. The van der Waals surface area contributed by atoms with E-state index in [1.165, 1.54) is 24.3 Å². The van der Waals surface area contributed by atoms with Gasteiger partial charge in [-0.2, -0.15) is 18.2 Å². The third-order valence-corrected chi connectivity index (χ3v) is 4.07. The Morgan fingerprint density at radius 2 is 2.08 bits per heavy atom. The molecule has 0 bridgehead atoms. The number of halogens is 3. The summed E-state index contributed by atoms with van der Waals surface area (Å²) in [5.41, 5.74) is 0.765. The number of nitrogens with one attached hydrogen (secondary N) is 2. The van der Waals surface area contributed by atoms with Crippen molar-refractivity contribution in [2.45, 2.75) is 19.0 Å². The number of aromatic nitrogens is 2. The van der Waals surface area contributed by atoms with Gasteiger partial charge in [-0.3, -0.25) is 4.79 Å². The minimum absolute atomic E-state index is 0.173. The normalized spacial score (nSPS) is 17.6. The molecule has 6 nitrogen and oxygen atoms in total. The molecule has 1 aliphatic rings. The van der Waals surface area contributed by atoms with E-state index in [1.54, 1.807) is 0 Å². The van der Waals surface area contributed by atoms with E-state index in [2.05, 4.69) is 25.3 Å². The van der Waals surface area contributed by atoms with Crippen LogP contribution in [0.15, 0.2) is 28.8 Å². The van der Waals surface area contributed by atoms with E-state index in [0.29, 0.717) is 23.6 Å². The first kappa shape index (κ1) is 17.4. The van der Waals surface area contributed by atoms with Crippen LogP contribution in [0, 0.1) is 5.92 Å². The first-order chi connectivity index (χ1) is 11.9. The molecule has 0 aliphatic carbocycles. The van der Waals surface area contributed by atoms with Crippen LogP contribution in [-0.2, 0) is 6.18 Å². The van der Waals surface area contributed by atoms with E-state index in [0.717, 1.165) is 25.9 Å². The molecule has 2 heterocycles. The Morgan fingerprint density at radius 3 is 2.68 bits per heavy atom. The zero-order chi connectivity index (χ0) is 17.9. The van der Waals surface area contributed by atoms with Crippen LogP contribution in [0.4, 0.5) is 13.2 Å². The van der Waals surface area contributed by atoms with Gasteiger partial charge in [0.05, 0.1) is 0 Å². The average Bonchev–Trinajstić information content (AvgIpc) is 3.26. The molecule has 2 aromatic rings. The second-order valence-corrected chi connectivity index (χ2v) is 5.90. The lowest BCUT2D eigenvalue weighted by Gasteiger charge is -2.09. The van der Waals surface area contributed by atoms with Crippen LogP contribution in [-0.4, -0.2) is 35.7 Å². The summed E-state index contributed by atoms with van der Waals surface area (Å²) in [4.78, 5) is 15.4. The Labute approximate surface area is 141 Å². The topological polar surface area (TPSA) is 80.0 Å². The van der Waals surface area contributed by atoms with Crippen LogP contribution in [0.5, 0.6) is 0 Å². The van der Waals surface area contributed by atoms with Gasteiger partial charge >= 0.3 is 12.1 Å². The van der Waals surface area contributed by atoms with E-state index < -0.39 is 12.1 Å². The Morgan fingerprint density at radius 1 is 1.32 bits per heavy atom. The molecule has 134 valence electrons. The zero-order valence-electron chi connectivity index (χ0n) is 13.3. The number of carbonyl (C=O) groups is 1. The predicted octanol–water partition coefficient (Wildman–Crippen LogP) is 2.48. The van der Waals surface area contributed by atoms with Crippen molar-refractivity contribution in [1.82, 2.24) is 20.8 Å². The molecule has 0 spiro atoms. The molecule has 0 radical (unpaired) electrons. The highest BCUT2D eigenvalue weighted by molar-refractivity contribution is 5.94. The van der Waals surface area contributed by atoms with Gasteiger partial charge in [0.25, 0.3) is 5.91 Å². The van der Waals surface area contributed by atoms with Crippen LogP contribution in [0.1, 0.15) is 29.1 Å². The van der Waals surface area contributed by atoms with Crippen LogP contribution in [0.2, 0.25) is 0 Å². The van der Waals surface area contributed by atoms with Crippen molar-refractivity contribution in [3.05, 3.63) is 35.7 Å². The number of amides is 1. The summed E-state index contributed by atoms with van der Waals surface area (Å²) in [5, 5.41) is 9.42. The fraction of sp³-hybridized carbons (Fsp3) is 0.438. The Bertz CT molecular complexity index is 722.